The largest absolute Gasteiger partial charge is 0.325 e. The summed E-state index contributed by atoms with van der Waals surface area (Å²) in [6, 6.07) is 18.6. The highest BCUT2D eigenvalue weighted by molar-refractivity contribution is 7.15. The molecule has 0 aliphatic carbocycles. The number of benzene rings is 3. The van der Waals surface area contributed by atoms with Crippen LogP contribution in [-0.2, 0) is 9.59 Å². The first-order valence-corrected chi connectivity index (χ1v) is 13.1. The van der Waals surface area contributed by atoms with E-state index in [1.807, 2.05) is 0 Å². The summed E-state index contributed by atoms with van der Waals surface area (Å²) in [5.41, 5.74) is 1.88. The standard InChI is InChI=1S/C26H14Cl3N5O3S/c27-13-5-8-15(9-6-13)30-20(35)12-33-19-4-2-1-3-17(19)21(24(33)36)22-25(37)34-26(38-22)31-23(32-34)16-10-7-14(28)11-18(16)29/h1-11H,12H2,(H,30,35). The molecule has 38 heavy (non-hydrogen) atoms. The van der Waals surface area contributed by atoms with Gasteiger partial charge in [0.2, 0.25) is 10.9 Å². The highest BCUT2D eigenvalue weighted by Crippen LogP contribution is 2.35. The van der Waals surface area contributed by atoms with Gasteiger partial charge in [-0.3, -0.25) is 19.3 Å². The van der Waals surface area contributed by atoms with E-state index in [-0.39, 0.29) is 22.5 Å². The van der Waals surface area contributed by atoms with Gasteiger partial charge in [0.05, 0.1) is 16.3 Å². The number of amides is 2. The Morgan fingerprint density at radius 3 is 2.39 bits per heavy atom. The van der Waals surface area contributed by atoms with Crippen molar-refractivity contribution in [1.29, 1.82) is 0 Å². The predicted molar refractivity (Wildman–Crippen MR) is 149 cm³/mol. The van der Waals surface area contributed by atoms with E-state index < -0.39 is 17.4 Å². The maximum Gasteiger partial charge on any atom is 0.291 e. The molecule has 5 aromatic rings. The van der Waals surface area contributed by atoms with Gasteiger partial charge in [-0.1, -0.05) is 64.3 Å². The summed E-state index contributed by atoms with van der Waals surface area (Å²) in [5, 5.41) is 8.45. The van der Waals surface area contributed by atoms with Crippen LogP contribution in [-0.4, -0.2) is 33.0 Å². The van der Waals surface area contributed by atoms with E-state index in [4.69, 9.17) is 34.8 Å². The maximum absolute atomic E-state index is 13.6. The van der Waals surface area contributed by atoms with Crippen LogP contribution in [0.15, 0.2) is 71.5 Å². The maximum atomic E-state index is 13.6. The lowest BCUT2D eigenvalue weighted by atomic mass is 10.1. The highest BCUT2D eigenvalue weighted by atomic mass is 35.5. The van der Waals surface area contributed by atoms with Crippen molar-refractivity contribution in [3.05, 3.63) is 102 Å². The lowest BCUT2D eigenvalue weighted by molar-refractivity contribution is -0.118. The van der Waals surface area contributed by atoms with Gasteiger partial charge in [0.15, 0.2) is 5.82 Å². The van der Waals surface area contributed by atoms with Crippen molar-refractivity contribution < 1.29 is 9.59 Å². The molecule has 0 saturated carbocycles. The zero-order valence-electron chi connectivity index (χ0n) is 19.1. The average molecular weight is 583 g/mol. The van der Waals surface area contributed by atoms with E-state index in [9.17, 15) is 14.4 Å². The number of carbonyl (C=O) groups is 2. The molecule has 2 aromatic heterocycles. The zero-order valence-corrected chi connectivity index (χ0v) is 22.2. The molecule has 0 atom stereocenters. The smallest absolute Gasteiger partial charge is 0.291 e. The van der Waals surface area contributed by atoms with Crippen molar-refractivity contribution in [2.75, 3.05) is 16.8 Å². The molecule has 0 radical (unpaired) electrons. The zero-order chi connectivity index (χ0) is 26.6. The monoisotopic (exact) mass is 581 g/mol. The van der Waals surface area contributed by atoms with Crippen molar-refractivity contribution >= 4 is 79.9 Å². The SMILES string of the molecule is O=C(CN1C(=O)C(=c2sc3nc(-c4ccc(Cl)cc4Cl)nn3c2=O)c2ccccc21)Nc1ccc(Cl)cc1. The van der Waals surface area contributed by atoms with Crippen LogP contribution >= 0.6 is 46.1 Å². The first-order chi connectivity index (χ1) is 18.3. The van der Waals surface area contributed by atoms with Gasteiger partial charge in [-0.15, -0.1) is 5.10 Å². The topological polar surface area (TPSA) is 96.7 Å². The second-order valence-corrected chi connectivity index (χ2v) is 10.6. The Hall–Kier alpha value is -3.76. The molecule has 3 heterocycles. The molecule has 6 rings (SSSR count). The van der Waals surface area contributed by atoms with Crippen molar-refractivity contribution in [3.8, 4) is 11.4 Å². The third kappa shape index (κ3) is 4.23. The lowest BCUT2D eigenvalue weighted by Crippen LogP contribution is -2.37. The molecular weight excluding hydrogens is 569 g/mol. The molecule has 8 nitrogen and oxygen atoms in total. The van der Waals surface area contributed by atoms with Crippen LogP contribution in [0.3, 0.4) is 0 Å². The Kier molecular flexibility index (Phi) is 6.16. The molecule has 0 fully saturated rings. The molecule has 1 N–H and O–H groups in total. The fourth-order valence-corrected chi connectivity index (χ4v) is 5.82. The van der Waals surface area contributed by atoms with E-state index in [1.165, 1.54) is 4.90 Å². The molecule has 1 aliphatic rings. The van der Waals surface area contributed by atoms with E-state index in [0.717, 1.165) is 15.9 Å². The number of rotatable bonds is 4. The van der Waals surface area contributed by atoms with E-state index in [0.29, 0.717) is 42.5 Å². The number of anilines is 2. The van der Waals surface area contributed by atoms with Crippen LogP contribution in [0.2, 0.25) is 15.1 Å². The number of carbonyl (C=O) groups excluding carboxylic acids is 2. The van der Waals surface area contributed by atoms with Crippen LogP contribution in [0.1, 0.15) is 5.56 Å². The number of thiazole rings is 1. The number of hydrogen-bond acceptors (Lipinski definition) is 6. The minimum Gasteiger partial charge on any atom is -0.325 e. The Balaban J connectivity index is 1.39. The van der Waals surface area contributed by atoms with Gasteiger partial charge in [-0.2, -0.15) is 9.50 Å². The van der Waals surface area contributed by atoms with Crippen LogP contribution < -0.4 is 20.3 Å². The number of hydrogen-bond donors (Lipinski definition) is 1. The average Bonchev–Trinajstić information content (AvgIpc) is 3.51. The Morgan fingerprint density at radius 1 is 0.921 bits per heavy atom. The second-order valence-electron chi connectivity index (χ2n) is 8.33. The first kappa shape index (κ1) is 24.6. The number of nitrogens with one attached hydrogen (secondary N) is 1. The number of nitrogens with zero attached hydrogens (tertiary/aromatic N) is 4. The summed E-state index contributed by atoms with van der Waals surface area (Å²) in [5.74, 6) is -0.587. The van der Waals surface area contributed by atoms with Crippen LogP contribution in [0, 0.1) is 0 Å². The van der Waals surface area contributed by atoms with Gasteiger partial charge in [0, 0.05) is 26.9 Å². The molecule has 2 amide bonds. The van der Waals surface area contributed by atoms with Gasteiger partial charge in [0.25, 0.3) is 11.5 Å². The summed E-state index contributed by atoms with van der Waals surface area (Å²) < 4.78 is 1.34. The van der Waals surface area contributed by atoms with Gasteiger partial charge in [-0.05, 0) is 48.5 Å². The molecule has 0 saturated heterocycles. The summed E-state index contributed by atoms with van der Waals surface area (Å²) >= 11 is 19.2. The second kappa shape index (κ2) is 9.52. The minimum absolute atomic E-state index is 0.187. The van der Waals surface area contributed by atoms with Crippen molar-refractivity contribution in [3.63, 3.8) is 0 Å². The third-order valence-corrected chi connectivity index (χ3v) is 7.74. The Bertz CT molecular complexity index is 1880. The highest BCUT2D eigenvalue weighted by Gasteiger charge is 2.35. The predicted octanol–water partition coefficient (Wildman–Crippen LogP) is 4.68. The molecule has 12 heteroatoms. The van der Waals surface area contributed by atoms with Gasteiger partial charge < -0.3 is 5.32 Å². The number of fused-ring (bicyclic) bond motifs is 2. The Morgan fingerprint density at radius 2 is 1.66 bits per heavy atom. The molecule has 0 bridgehead atoms. The van der Waals surface area contributed by atoms with Crippen LogP contribution in [0.5, 0.6) is 0 Å². The number of para-hydroxylation sites is 1. The Labute approximate surface area is 233 Å². The fraction of sp³-hybridized carbons (Fsp3) is 0.0385. The summed E-state index contributed by atoms with van der Waals surface area (Å²) in [4.78, 5) is 45.9. The number of halogens is 3. The van der Waals surface area contributed by atoms with Crippen molar-refractivity contribution in [2.24, 2.45) is 0 Å². The molecule has 0 unspecified atom stereocenters. The van der Waals surface area contributed by atoms with Crippen LogP contribution in [0.4, 0.5) is 11.4 Å². The van der Waals surface area contributed by atoms with Gasteiger partial charge in [0.1, 0.15) is 11.1 Å². The van der Waals surface area contributed by atoms with Gasteiger partial charge >= 0.3 is 0 Å². The molecule has 3 aromatic carbocycles. The summed E-state index contributed by atoms with van der Waals surface area (Å²) in [7, 11) is 0. The third-order valence-electron chi connectivity index (χ3n) is 5.91. The molecule has 1 aliphatic heterocycles. The van der Waals surface area contributed by atoms with E-state index in [1.54, 1.807) is 66.7 Å². The fourth-order valence-electron chi connectivity index (χ4n) is 4.20. The quantitative estimate of drug-likeness (QED) is 0.332. The van der Waals surface area contributed by atoms with E-state index >= 15 is 0 Å². The van der Waals surface area contributed by atoms with Gasteiger partial charge in [-0.25, -0.2) is 0 Å². The molecule has 0 spiro atoms. The number of aromatic nitrogens is 3. The van der Waals surface area contributed by atoms with Crippen molar-refractivity contribution in [1.82, 2.24) is 14.6 Å². The van der Waals surface area contributed by atoms with E-state index in [2.05, 4.69) is 15.4 Å². The summed E-state index contributed by atoms with van der Waals surface area (Å²) in [6.07, 6.45) is 0. The van der Waals surface area contributed by atoms with Crippen LogP contribution in [0.25, 0.3) is 21.9 Å². The normalized spacial score (nSPS) is 14.3. The minimum atomic E-state index is -0.487. The summed E-state index contributed by atoms with van der Waals surface area (Å²) in [6.45, 7) is -0.240. The lowest BCUT2D eigenvalue weighted by Gasteiger charge is -2.16. The molecular formula is C26H14Cl3N5O3S. The first-order valence-electron chi connectivity index (χ1n) is 11.2. The van der Waals surface area contributed by atoms with Crippen molar-refractivity contribution in [2.45, 2.75) is 0 Å². The molecule has 188 valence electrons.